The highest BCUT2D eigenvalue weighted by Gasteiger charge is 2.38. The van der Waals surface area contributed by atoms with Gasteiger partial charge in [-0.2, -0.15) is 0 Å². The molecule has 0 aromatic heterocycles. The van der Waals surface area contributed by atoms with Gasteiger partial charge >= 0.3 is 0 Å². The van der Waals surface area contributed by atoms with Crippen LogP contribution in [0.4, 0.5) is 4.39 Å². The van der Waals surface area contributed by atoms with Gasteiger partial charge < -0.3 is 10.1 Å². The van der Waals surface area contributed by atoms with E-state index in [4.69, 9.17) is 4.74 Å². The molecule has 3 heteroatoms. The molecule has 0 spiro atoms. The Kier molecular flexibility index (Phi) is 3.85. The van der Waals surface area contributed by atoms with Crippen molar-refractivity contribution in [2.24, 2.45) is 0 Å². The first-order valence-electron chi connectivity index (χ1n) is 7.37. The fourth-order valence-electron chi connectivity index (χ4n) is 3.31. The second kappa shape index (κ2) is 5.59. The van der Waals surface area contributed by atoms with Crippen LogP contribution in [0.2, 0.25) is 0 Å². The molecule has 0 aliphatic carbocycles. The van der Waals surface area contributed by atoms with E-state index in [1.54, 1.807) is 6.07 Å². The number of rotatable bonds is 5. The Balaban J connectivity index is 1.59. The number of ether oxygens (including phenoxy) is 1. The molecule has 0 radical (unpaired) electrons. The summed E-state index contributed by atoms with van der Waals surface area (Å²) in [6, 6.07) is 7.11. The lowest BCUT2D eigenvalue weighted by atomic mass is 9.71. The van der Waals surface area contributed by atoms with Crippen molar-refractivity contribution < 1.29 is 9.13 Å². The molecule has 2 saturated heterocycles. The van der Waals surface area contributed by atoms with Crippen LogP contribution in [0.5, 0.6) is 0 Å². The summed E-state index contributed by atoms with van der Waals surface area (Å²) >= 11 is 0. The molecular formula is C16H22FNO. The van der Waals surface area contributed by atoms with E-state index < -0.39 is 0 Å². The average molecular weight is 263 g/mol. The van der Waals surface area contributed by atoms with Crippen molar-refractivity contribution in [2.45, 2.75) is 43.6 Å². The molecule has 1 atom stereocenters. The zero-order valence-corrected chi connectivity index (χ0v) is 11.3. The Bertz CT molecular complexity index is 425. The van der Waals surface area contributed by atoms with Gasteiger partial charge in [-0.05, 0) is 49.8 Å². The Morgan fingerprint density at radius 2 is 2.26 bits per heavy atom. The van der Waals surface area contributed by atoms with E-state index >= 15 is 0 Å². The molecule has 2 fully saturated rings. The number of halogens is 1. The van der Waals surface area contributed by atoms with Gasteiger partial charge in [-0.15, -0.1) is 0 Å². The van der Waals surface area contributed by atoms with Gasteiger partial charge in [0.2, 0.25) is 0 Å². The van der Waals surface area contributed by atoms with Crippen LogP contribution in [0.15, 0.2) is 24.3 Å². The molecule has 2 nitrogen and oxygen atoms in total. The minimum Gasteiger partial charge on any atom is -0.378 e. The van der Waals surface area contributed by atoms with Gasteiger partial charge in [0, 0.05) is 25.1 Å². The summed E-state index contributed by atoms with van der Waals surface area (Å²) in [5.74, 6) is -0.122. The van der Waals surface area contributed by atoms with E-state index in [1.165, 1.54) is 25.3 Å². The molecule has 1 N–H and O–H groups in total. The van der Waals surface area contributed by atoms with Crippen molar-refractivity contribution in [3.05, 3.63) is 35.6 Å². The van der Waals surface area contributed by atoms with Crippen LogP contribution in [0, 0.1) is 5.82 Å². The lowest BCUT2D eigenvalue weighted by Crippen LogP contribution is -2.56. The highest BCUT2D eigenvalue weighted by atomic mass is 19.1. The largest absolute Gasteiger partial charge is 0.378 e. The van der Waals surface area contributed by atoms with E-state index in [0.29, 0.717) is 6.10 Å². The third-order valence-corrected chi connectivity index (χ3v) is 4.57. The lowest BCUT2D eigenvalue weighted by molar-refractivity contribution is 0.0980. The number of hydrogen-bond donors (Lipinski definition) is 1. The normalized spacial score (nSPS) is 25.2. The standard InChI is InChI=1S/C16H22FNO/c17-14-5-1-4-13(10-14)16(11-18-12-16)8-2-6-15-7-3-9-19-15/h1,4-5,10,15,18H,2-3,6-9,11-12H2. The van der Waals surface area contributed by atoms with Gasteiger partial charge in [0.05, 0.1) is 6.10 Å². The minimum absolute atomic E-state index is 0.122. The van der Waals surface area contributed by atoms with Crippen LogP contribution in [0.1, 0.15) is 37.7 Å². The van der Waals surface area contributed by atoms with Crippen molar-refractivity contribution in [1.29, 1.82) is 0 Å². The predicted octanol–water partition coefficient (Wildman–Crippen LogP) is 3.02. The third-order valence-electron chi connectivity index (χ3n) is 4.57. The first-order valence-corrected chi connectivity index (χ1v) is 7.37. The third kappa shape index (κ3) is 2.82. The lowest BCUT2D eigenvalue weighted by Gasteiger charge is -2.43. The minimum atomic E-state index is -0.122. The first-order chi connectivity index (χ1) is 9.28. The maximum atomic E-state index is 13.4. The van der Waals surface area contributed by atoms with Crippen LogP contribution >= 0.6 is 0 Å². The molecule has 2 aliphatic rings. The molecular weight excluding hydrogens is 241 g/mol. The van der Waals surface area contributed by atoms with E-state index in [-0.39, 0.29) is 11.2 Å². The van der Waals surface area contributed by atoms with Crippen molar-refractivity contribution in [3.63, 3.8) is 0 Å². The molecule has 1 aromatic rings. The molecule has 3 rings (SSSR count). The quantitative estimate of drug-likeness (QED) is 0.881. The molecule has 2 aliphatic heterocycles. The Morgan fingerprint density at radius 1 is 1.37 bits per heavy atom. The Labute approximate surface area is 114 Å². The summed E-state index contributed by atoms with van der Waals surface area (Å²) in [5, 5.41) is 3.34. The van der Waals surface area contributed by atoms with Gasteiger partial charge in [0.1, 0.15) is 5.82 Å². The van der Waals surface area contributed by atoms with E-state index in [2.05, 4.69) is 11.4 Å². The second-order valence-corrected chi connectivity index (χ2v) is 5.92. The maximum Gasteiger partial charge on any atom is 0.123 e. The summed E-state index contributed by atoms with van der Waals surface area (Å²) in [6.07, 6.45) is 6.34. The van der Waals surface area contributed by atoms with Crippen LogP contribution in [0.25, 0.3) is 0 Å². The predicted molar refractivity (Wildman–Crippen MR) is 73.8 cm³/mol. The molecule has 0 amide bonds. The Morgan fingerprint density at radius 3 is 2.89 bits per heavy atom. The number of benzene rings is 1. The van der Waals surface area contributed by atoms with Crippen LogP contribution in [-0.4, -0.2) is 25.8 Å². The fraction of sp³-hybridized carbons (Fsp3) is 0.625. The zero-order valence-electron chi connectivity index (χ0n) is 11.3. The van der Waals surface area contributed by atoms with Crippen LogP contribution in [-0.2, 0) is 10.2 Å². The second-order valence-electron chi connectivity index (χ2n) is 5.92. The monoisotopic (exact) mass is 263 g/mol. The summed E-state index contributed by atoms with van der Waals surface area (Å²) in [4.78, 5) is 0. The highest BCUT2D eigenvalue weighted by Crippen LogP contribution is 2.35. The molecule has 2 heterocycles. The first kappa shape index (κ1) is 13.1. The zero-order chi connectivity index (χ0) is 13.1. The van der Waals surface area contributed by atoms with Gasteiger partial charge in [-0.3, -0.25) is 0 Å². The van der Waals surface area contributed by atoms with E-state index in [1.807, 2.05) is 6.07 Å². The highest BCUT2D eigenvalue weighted by molar-refractivity contribution is 5.30. The molecule has 0 bridgehead atoms. The van der Waals surface area contributed by atoms with Crippen molar-refractivity contribution in [1.82, 2.24) is 5.32 Å². The van der Waals surface area contributed by atoms with Crippen molar-refractivity contribution >= 4 is 0 Å². The van der Waals surface area contributed by atoms with Gasteiger partial charge in [0.25, 0.3) is 0 Å². The molecule has 19 heavy (non-hydrogen) atoms. The smallest absolute Gasteiger partial charge is 0.123 e. The van der Waals surface area contributed by atoms with E-state index in [0.717, 1.165) is 38.1 Å². The number of hydrogen-bond acceptors (Lipinski definition) is 2. The van der Waals surface area contributed by atoms with Crippen molar-refractivity contribution in [3.8, 4) is 0 Å². The summed E-state index contributed by atoms with van der Waals surface area (Å²) in [5.41, 5.74) is 1.30. The molecule has 1 unspecified atom stereocenters. The van der Waals surface area contributed by atoms with Gasteiger partial charge in [-0.25, -0.2) is 4.39 Å². The van der Waals surface area contributed by atoms with E-state index in [9.17, 15) is 4.39 Å². The fourth-order valence-corrected chi connectivity index (χ4v) is 3.31. The van der Waals surface area contributed by atoms with Crippen molar-refractivity contribution in [2.75, 3.05) is 19.7 Å². The molecule has 0 saturated carbocycles. The SMILES string of the molecule is Fc1cccc(C2(CCCC3CCCO3)CNC2)c1. The average Bonchev–Trinajstić information content (AvgIpc) is 2.85. The number of nitrogens with one attached hydrogen (secondary N) is 1. The maximum absolute atomic E-state index is 13.4. The van der Waals surface area contributed by atoms with Gasteiger partial charge in [0.15, 0.2) is 0 Å². The Hall–Kier alpha value is -0.930. The molecule has 1 aromatic carbocycles. The topological polar surface area (TPSA) is 21.3 Å². The summed E-state index contributed by atoms with van der Waals surface area (Å²) in [6.45, 7) is 2.88. The molecule has 104 valence electrons. The van der Waals surface area contributed by atoms with Gasteiger partial charge in [-0.1, -0.05) is 12.1 Å². The van der Waals surface area contributed by atoms with Crippen LogP contribution < -0.4 is 5.32 Å². The van der Waals surface area contributed by atoms with Crippen LogP contribution in [0.3, 0.4) is 0 Å². The summed E-state index contributed by atoms with van der Waals surface area (Å²) in [7, 11) is 0. The summed E-state index contributed by atoms with van der Waals surface area (Å²) < 4.78 is 19.1.